The molecule has 0 saturated carbocycles. The summed E-state index contributed by atoms with van der Waals surface area (Å²) >= 11 is 0. The number of carbonyl (C=O) groups is 1. The van der Waals surface area contributed by atoms with E-state index >= 15 is 0 Å². The van der Waals surface area contributed by atoms with Crippen molar-refractivity contribution in [3.8, 4) is 0 Å². The van der Waals surface area contributed by atoms with Gasteiger partial charge in [-0.1, -0.05) is 0 Å². The quantitative estimate of drug-likeness (QED) is 0.909. The highest BCUT2D eigenvalue weighted by Gasteiger charge is 2.27. The van der Waals surface area contributed by atoms with Crippen LogP contribution < -0.4 is 5.32 Å². The monoisotopic (exact) mass is 356 g/mol. The van der Waals surface area contributed by atoms with Crippen molar-refractivity contribution in [3.63, 3.8) is 0 Å². The second-order valence-electron chi connectivity index (χ2n) is 7.86. The van der Waals surface area contributed by atoms with Gasteiger partial charge in [0.05, 0.1) is 17.3 Å². The third-order valence-electron chi connectivity index (χ3n) is 4.73. The molecule has 2 aromatic heterocycles. The van der Waals surface area contributed by atoms with Crippen molar-refractivity contribution in [2.75, 3.05) is 13.1 Å². The second kappa shape index (κ2) is 7.95. The number of hydrogen-bond acceptors (Lipinski definition) is 5. The van der Waals surface area contributed by atoms with E-state index in [1.165, 1.54) is 6.33 Å². The fourth-order valence-corrected chi connectivity index (χ4v) is 3.25. The number of nitrogens with one attached hydrogen (secondary N) is 1. The first kappa shape index (κ1) is 18.5. The van der Waals surface area contributed by atoms with Crippen molar-refractivity contribution in [2.45, 2.75) is 58.2 Å². The van der Waals surface area contributed by atoms with Gasteiger partial charge in [-0.25, -0.2) is 9.97 Å². The van der Waals surface area contributed by atoms with Gasteiger partial charge in [-0.2, -0.15) is 5.10 Å². The predicted molar refractivity (Wildman–Crippen MR) is 99.6 cm³/mol. The topological polar surface area (TPSA) is 75.9 Å². The second-order valence-corrected chi connectivity index (χ2v) is 7.86. The van der Waals surface area contributed by atoms with Crippen molar-refractivity contribution >= 4 is 5.91 Å². The van der Waals surface area contributed by atoms with E-state index in [0.29, 0.717) is 12.1 Å². The largest absolute Gasteiger partial charge is 0.331 e. The van der Waals surface area contributed by atoms with Gasteiger partial charge >= 0.3 is 0 Å². The normalized spacial score (nSPS) is 18.3. The van der Waals surface area contributed by atoms with Crippen molar-refractivity contribution in [1.29, 1.82) is 0 Å². The molecule has 0 bridgehead atoms. The Bertz CT molecular complexity index is 713. The summed E-state index contributed by atoms with van der Waals surface area (Å²) < 4.78 is 1.85. The van der Waals surface area contributed by atoms with Crippen LogP contribution in [0.4, 0.5) is 0 Å². The van der Waals surface area contributed by atoms with Crippen molar-refractivity contribution in [2.24, 2.45) is 0 Å². The molecule has 1 saturated heterocycles. The first-order chi connectivity index (χ1) is 12.4. The average Bonchev–Trinajstić information content (AvgIpc) is 2.98. The van der Waals surface area contributed by atoms with E-state index in [0.717, 1.165) is 37.9 Å². The summed E-state index contributed by atoms with van der Waals surface area (Å²) in [6.45, 7) is 8.68. The molecule has 0 radical (unpaired) electrons. The fraction of sp³-hybridized carbons (Fsp3) is 0.579. The van der Waals surface area contributed by atoms with Gasteiger partial charge in [-0.15, -0.1) is 0 Å². The Hall–Kier alpha value is -2.28. The number of hydrogen-bond donors (Lipinski definition) is 1. The molecule has 7 heteroatoms. The minimum absolute atomic E-state index is 0.0243. The van der Waals surface area contributed by atoms with E-state index in [2.05, 4.69) is 41.2 Å². The van der Waals surface area contributed by atoms with Gasteiger partial charge in [0.1, 0.15) is 6.33 Å². The lowest BCUT2D eigenvalue weighted by molar-refractivity contribution is 0.0644. The van der Waals surface area contributed by atoms with Crippen LogP contribution in [-0.4, -0.2) is 49.7 Å². The molecule has 1 fully saturated rings. The Kier molecular flexibility index (Phi) is 5.66. The highest BCUT2D eigenvalue weighted by molar-refractivity contribution is 5.94. The molecule has 1 amide bonds. The molecule has 2 aromatic rings. The van der Waals surface area contributed by atoms with Gasteiger partial charge in [0.2, 0.25) is 0 Å². The van der Waals surface area contributed by atoms with Crippen molar-refractivity contribution in [1.82, 2.24) is 30.0 Å². The Morgan fingerprint density at radius 1 is 1.23 bits per heavy atom. The van der Waals surface area contributed by atoms with E-state index < -0.39 is 0 Å². The van der Waals surface area contributed by atoms with E-state index in [1.54, 1.807) is 18.6 Å². The molecule has 0 aromatic carbocycles. The summed E-state index contributed by atoms with van der Waals surface area (Å²) in [4.78, 5) is 23.5. The van der Waals surface area contributed by atoms with Crippen LogP contribution in [0.5, 0.6) is 0 Å². The Balaban J connectivity index is 1.86. The molecule has 1 unspecified atom stereocenters. The summed E-state index contributed by atoms with van der Waals surface area (Å²) in [5.74, 6) is 0.0243. The molecular formula is C19H28N6O. The molecule has 0 spiro atoms. The first-order valence-corrected chi connectivity index (χ1v) is 9.26. The fourth-order valence-electron chi connectivity index (χ4n) is 3.25. The van der Waals surface area contributed by atoms with Gasteiger partial charge in [-0.05, 0) is 53.1 Å². The lowest BCUT2D eigenvalue weighted by Gasteiger charge is -2.31. The summed E-state index contributed by atoms with van der Waals surface area (Å²) in [5, 5.41) is 7.81. The molecule has 140 valence electrons. The first-order valence-electron chi connectivity index (χ1n) is 9.26. The van der Waals surface area contributed by atoms with Crippen molar-refractivity contribution < 1.29 is 4.79 Å². The zero-order chi connectivity index (χ0) is 18.6. The summed E-state index contributed by atoms with van der Waals surface area (Å²) in [5.41, 5.74) is 1.43. The van der Waals surface area contributed by atoms with Gasteiger partial charge in [0.15, 0.2) is 0 Å². The maximum absolute atomic E-state index is 13.3. The van der Waals surface area contributed by atoms with Crippen LogP contribution in [0, 0.1) is 0 Å². The Morgan fingerprint density at radius 2 is 2.00 bits per heavy atom. The summed E-state index contributed by atoms with van der Waals surface area (Å²) in [7, 11) is 0. The number of carbonyl (C=O) groups excluding carboxylic acids is 1. The van der Waals surface area contributed by atoms with Crippen LogP contribution in [0.2, 0.25) is 0 Å². The van der Waals surface area contributed by atoms with E-state index in [-0.39, 0.29) is 17.5 Å². The highest BCUT2D eigenvalue weighted by Crippen LogP contribution is 2.21. The van der Waals surface area contributed by atoms with Crippen LogP contribution in [0.15, 0.2) is 31.1 Å². The van der Waals surface area contributed by atoms with Crippen LogP contribution in [0.1, 0.15) is 56.0 Å². The van der Waals surface area contributed by atoms with Crippen molar-refractivity contribution in [3.05, 3.63) is 42.2 Å². The standard InChI is InChI=1S/C19H28N6O/c1-19(2,3)25-13-16(11-23-25)18(26)24(12-15-9-21-14-22-10-15)17-5-4-7-20-8-6-17/h9-11,13-14,17,20H,4-8,12H2,1-3H3. The van der Waals surface area contributed by atoms with Gasteiger partial charge in [-0.3, -0.25) is 9.48 Å². The number of rotatable bonds is 4. The smallest absolute Gasteiger partial charge is 0.257 e. The molecule has 0 aliphatic carbocycles. The van der Waals surface area contributed by atoms with E-state index in [1.807, 2.05) is 15.8 Å². The highest BCUT2D eigenvalue weighted by atomic mass is 16.2. The Labute approximate surface area is 154 Å². The molecular weight excluding hydrogens is 328 g/mol. The lowest BCUT2D eigenvalue weighted by Crippen LogP contribution is -2.40. The van der Waals surface area contributed by atoms with E-state index in [4.69, 9.17) is 0 Å². The minimum Gasteiger partial charge on any atom is -0.331 e. The number of amides is 1. The Morgan fingerprint density at radius 3 is 2.69 bits per heavy atom. The lowest BCUT2D eigenvalue weighted by atomic mass is 10.1. The molecule has 26 heavy (non-hydrogen) atoms. The molecule has 1 atom stereocenters. The molecule has 1 aliphatic heterocycles. The van der Waals surface area contributed by atoms with Crippen LogP contribution in [0.3, 0.4) is 0 Å². The molecule has 7 nitrogen and oxygen atoms in total. The predicted octanol–water partition coefficient (Wildman–Crippen LogP) is 2.21. The molecule has 3 heterocycles. The van der Waals surface area contributed by atoms with Crippen LogP contribution >= 0.6 is 0 Å². The molecule has 3 rings (SSSR count). The summed E-state index contributed by atoms with van der Waals surface area (Å²) in [6.07, 6.45) is 11.6. The number of nitrogens with zero attached hydrogens (tertiary/aromatic N) is 5. The summed E-state index contributed by atoms with van der Waals surface area (Å²) in [6, 6.07) is 0.204. The van der Waals surface area contributed by atoms with Gasteiger partial charge < -0.3 is 10.2 Å². The average molecular weight is 356 g/mol. The van der Waals surface area contributed by atoms with Gasteiger partial charge in [0.25, 0.3) is 5.91 Å². The minimum atomic E-state index is -0.150. The third-order valence-corrected chi connectivity index (χ3v) is 4.73. The zero-order valence-electron chi connectivity index (χ0n) is 15.9. The molecule has 1 N–H and O–H groups in total. The van der Waals surface area contributed by atoms with E-state index in [9.17, 15) is 4.79 Å². The van der Waals surface area contributed by atoms with Gasteiger partial charge in [0, 0.05) is 36.7 Å². The molecule has 1 aliphatic rings. The van der Waals surface area contributed by atoms with Crippen LogP contribution in [0.25, 0.3) is 0 Å². The maximum Gasteiger partial charge on any atom is 0.257 e. The maximum atomic E-state index is 13.3. The third kappa shape index (κ3) is 4.46. The number of aromatic nitrogens is 4. The SMILES string of the molecule is CC(C)(C)n1cc(C(=O)N(Cc2cncnc2)C2CCCNCC2)cn1. The zero-order valence-corrected chi connectivity index (χ0v) is 15.9. The van der Waals surface area contributed by atoms with Crippen LogP contribution in [-0.2, 0) is 12.1 Å².